The van der Waals surface area contributed by atoms with Crippen molar-refractivity contribution < 1.29 is 4.79 Å². The number of rotatable bonds is 5. The molecular weight excluding hydrogens is 326 g/mol. The molecule has 0 aliphatic heterocycles. The van der Waals surface area contributed by atoms with Crippen molar-refractivity contribution in [2.24, 2.45) is 0 Å². The fraction of sp³-hybridized carbons (Fsp3) is 0.100. The fourth-order valence-corrected chi connectivity index (χ4v) is 2.32. The van der Waals surface area contributed by atoms with E-state index in [9.17, 15) is 4.79 Å². The number of benzene rings is 2. The van der Waals surface area contributed by atoms with E-state index in [1.807, 2.05) is 31.2 Å². The van der Waals surface area contributed by atoms with E-state index in [0.717, 1.165) is 16.8 Å². The highest BCUT2D eigenvalue weighted by molar-refractivity contribution is 5.91. The van der Waals surface area contributed by atoms with Crippen LogP contribution in [0.2, 0.25) is 0 Å². The van der Waals surface area contributed by atoms with Gasteiger partial charge in [-0.2, -0.15) is 5.26 Å². The largest absolute Gasteiger partial charge is 0.339 e. The van der Waals surface area contributed by atoms with Gasteiger partial charge >= 0.3 is 0 Å². The minimum absolute atomic E-state index is 0.143. The molecule has 0 bridgehead atoms. The third-order valence-electron chi connectivity index (χ3n) is 3.70. The molecule has 0 aliphatic rings. The predicted molar refractivity (Wildman–Crippen MR) is 100.0 cm³/mol. The molecule has 0 spiro atoms. The minimum atomic E-state index is -0.143. The SMILES string of the molecule is Cc1ccc(CC(=O)Nc2ccc(Nc3ccc(C#N)cc3)nn2)cc1. The molecule has 3 aromatic rings. The highest BCUT2D eigenvalue weighted by atomic mass is 16.1. The van der Waals surface area contributed by atoms with Crippen LogP contribution in [0.3, 0.4) is 0 Å². The molecule has 0 saturated carbocycles. The van der Waals surface area contributed by atoms with Gasteiger partial charge in [-0.05, 0) is 48.9 Å². The zero-order valence-corrected chi connectivity index (χ0v) is 14.2. The summed E-state index contributed by atoms with van der Waals surface area (Å²) in [5.41, 5.74) is 3.49. The van der Waals surface area contributed by atoms with Gasteiger partial charge < -0.3 is 10.6 Å². The van der Waals surface area contributed by atoms with E-state index in [4.69, 9.17) is 5.26 Å². The first-order valence-corrected chi connectivity index (χ1v) is 8.09. The van der Waals surface area contributed by atoms with Crippen LogP contribution in [0.25, 0.3) is 0 Å². The molecule has 3 rings (SSSR count). The Morgan fingerprint density at radius 2 is 1.62 bits per heavy atom. The molecule has 0 saturated heterocycles. The Morgan fingerprint density at radius 1 is 0.962 bits per heavy atom. The third kappa shape index (κ3) is 4.65. The number of aromatic nitrogens is 2. The second-order valence-electron chi connectivity index (χ2n) is 5.83. The van der Waals surface area contributed by atoms with Crippen LogP contribution in [-0.4, -0.2) is 16.1 Å². The summed E-state index contributed by atoms with van der Waals surface area (Å²) in [5.74, 6) is 0.801. The Hall–Kier alpha value is -3.72. The van der Waals surface area contributed by atoms with Crippen LogP contribution >= 0.6 is 0 Å². The number of carbonyl (C=O) groups is 1. The van der Waals surface area contributed by atoms with Gasteiger partial charge in [-0.1, -0.05) is 29.8 Å². The molecule has 0 radical (unpaired) electrons. The maximum atomic E-state index is 12.1. The predicted octanol–water partition coefficient (Wildman–Crippen LogP) is 3.58. The van der Waals surface area contributed by atoms with Gasteiger partial charge in [0.25, 0.3) is 0 Å². The number of nitrogens with zero attached hydrogens (tertiary/aromatic N) is 3. The summed E-state index contributed by atoms with van der Waals surface area (Å²) in [7, 11) is 0. The first kappa shape index (κ1) is 17.1. The number of hydrogen-bond donors (Lipinski definition) is 2. The topological polar surface area (TPSA) is 90.7 Å². The van der Waals surface area contributed by atoms with Gasteiger partial charge in [0.1, 0.15) is 0 Å². The van der Waals surface area contributed by atoms with Gasteiger partial charge in [-0.25, -0.2) is 0 Å². The van der Waals surface area contributed by atoms with Crippen molar-refractivity contribution in [3.63, 3.8) is 0 Å². The lowest BCUT2D eigenvalue weighted by molar-refractivity contribution is -0.115. The third-order valence-corrected chi connectivity index (χ3v) is 3.70. The Bertz CT molecular complexity index is 926. The van der Waals surface area contributed by atoms with Crippen molar-refractivity contribution in [2.45, 2.75) is 13.3 Å². The summed E-state index contributed by atoms with van der Waals surface area (Å²) >= 11 is 0. The lowest BCUT2D eigenvalue weighted by Gasteiger charge is -2.07. The smallest absolute Gasteiger partial charge is 0.229 e. The van der Waals surface area contributed by atoms with E-state index in [0.29, 0.717) is 17.2 Å². The number of hydrogen-bond acceptors (Lipinski definition) is 5. The molecule has 1 heterocycles. The maximum absolute atomic E-state index is 12.1. The second-order valence-corrected chi connectivity index (χ2v) is 5.83. The summed E-state index contributed by atoms with van der Waals surface area (Å²) < 4.78 is 0. The van der Waals surface area contributed by atoms with Crippen molar-refractivity contribution in [3.8, 4) is 6.07 Å². The van der Waals surface area contributed by atoms with Crippen LogP contribution in [0, 0.1) is 18.3 Å². The number of carbonyl (C=O) groups excluding carboxylic acids is 1. The Kier molecular flexibility index (Phi) is 5.20. The molecule has 0 aliphatic carbocycles. The first-order chi connectivity index (χ1) is 12.6. The van der Waals surface area contributed by atoms with Gasteiger partial charge in [0.15, 0.2) is 11.6 Å². The molecule has 1 amide bonds. The van der Waals surface area contributed by atoms with E-state index >= 15 is 0 Å². The monoisotopic (exact) mass is 343 g/mol. The maximum Gasteiger partial charge on any atom is 0.229 e. The summed E-state index contributed by atoms with van der Waals surface area (Å²) in [5, 5.41) is 22.7. The van der Waals surface area contributed by atoms with Crippen molar-refractivity contribution >= 4 is 23.2 Å². The van der Waals surface area contributed by atoms with Crippen LogP contribution in [0.4, 0.5) is 17.3 Å². The average molecular weight is 343 g/mol. The lowest BCUT2D eigenvalue weighted by Crippen LogP contribution is -2.15. The van der Waals surface area contributed by atoms with Gasteiger partial charge in [-0.3, -0.25) is 4.79 Å². The Labute approximate surface area is 151 Å². The summed E-state index contributed by atoms with van der Waals surface area (Å²) in [6.07, 6.45) is 0.285. The van der Waals surface area contributed by atoms with E-state index in [2.05, 4.69) is 26.9 Å². The standard InChI is InChI=1S/C20H17N5O/c1-14-2-4-15(5-3-14)12-20(26)23-19-11-10-18(24-25-19)22-17-8-6-16(13-21)7-9-17/h2-11H,12H2,1H3,(H,22,24)(H,23,25,26). The van der Waals surface area contributed by atoms with Crippen molar-refractivity contribution in [3.05, 3.63) is 77.4 Å². The lowest BCUT2D eigenvalue weighted by atomic mass is 10.1. The van der Waals surface area contributed by atoms with Gasteiger partial charge in [0, 0.05) is 5.69 Å². The Balaban J connectivity index is 1.57. The fourth-order valence-electron chi connectivity index (χ4n) is 2.32. The molecule has 6 nitrogen and oxygen atoms in total. The number of amides is 1. The molecule has 6 heteroatoms. The van der Waals surface area contributed by atoms with Crippen LogP contribution in [-0.2, 0) is 11.2 Å². The highest BCUT2D eigenvalue weighted by Crippen LogP contribution is 2.15. The molecule has 0 fully saturated rings. The van der Waals surface area contributed by atoms with Crippen molar-refractivity contribution in [2.75, 3.05) is 10.6 Å². The number of nitriles is 1. The number of nitrogens with one attached hydrogen (secondary N) is 2. The van der Waals surface area contributed by atoms with E-state index in [-0.39, 0.29) is 12.3 Å². The van der Waals surface area contributed by atoms with E-state index in [1.165, 1.54) is 0 Å². The minimum Gasteiger partial charge on any atom is -0.339 e. The molecule has 26 heavy (non-hydrogen) atoms. The number of anilines is 3. The first-order valence-electron chi connectivity index (χ1n) is 8.09. The molecule has 0 atom stereocenters. The Morgan fingerprint density at radius 3 is 2.23 bits per heavy atom. The molecule has 0 unspecified atom stereocenters. The van der Waals surface area contributed by atoms with Crippen LogP contribution in [0.1, 0.15) is 16.7 Å². The molecule has 1 aromatic heterocycles. The van der Waals surface area contributed by atoms with Gasteiger partial charge in [0.2, 0.25) is 5.91 Å². The molecule has 2 aromatic carbocycles. The molecular formula is C20H17N5O. The van der Waals surface area contributed by atoms with E-state index < -0.39 is 0 Å². The summed E-state index contributed by atoms with van der Waals surface area (Å²) in [6, 6.07) is 20.3. The zero-order valence-electron chi connectivity index (χ0n) is 14.2. The quantitative estimate of drug-likeness (QED) is 0.739. The van der Waals surface area contributed by atoms with Crippen molar-refractivity contribution in [1.82, 2.24) is 10.2 Å². The van der Waals surface area contributed by atoms with Crippen LogP contribution in [0.15, 0.2) is 60.7 Å². The number of aryl methyl sites for hydroxylation is 1. The summed E-state index contributed by atoms with van der Waals surface area (Å²) in [4.78, 5) is 12.1. The summed E-state index contributed by atoms with van der Waals surface area (Å²) in [6.45, 7) is 2.01. The van der Waals surface area contributed by atoms with Crippen LogP contribution in [0.5, 0.6) is 0 Å². The zero-order chi connectivity index (χ0) is 18.4. The molecule has 128 valence electrons. The average Bonchev–Trinajstić information content (AvgIpc) is 2.66. The second kappa shape index (κ2) is 7.90. The van der Waals surface area contributed by atoms with Gasteiger partial charge in [0.05, 0.1) is 18.1 Å². The van der Waals surface area contributed by atoms with Gasteiger partial charge in [-0.15, -0.1) is 10.2 Å². The van der Waals surface area contributed by atoms with E-state index in [1.54, 1.807) is 36.4 Å². The normalized spacial score (nSPS) is 10.0. The molecule has 2 N–H and O–H groups in total. The highest BCUT2D eigenvalue weighted by Gasteiger charge is 2.06. The van der Waals surface area contributed by atoms with Crippen molar-refractivity contribution in [1.29, 1.82) is 5.26 Å². The van der Waals surface area contributed by atoms with Crippen LogP contribution < -0.4 is 10.6 Å².